The molecule has 1 aliphatic rings. The van der Waals surface area contributed by atoms with Gasteiger partial charge in [-0.25, -0.2) is 4.98 Å². The molecule has 1 fully saturated rings. The summed E-state index contributed by atoms with van der Waals surface area (Å²) in [6, 6.07) is 0. The SMILES string of the molecule is O=C(CCNc1ncc[nH]c1=O)N1CCCC1. The predicted molar refractivity (Wildman–Crippen MR) is 63.8 cm³/mol. The molecular weight excluding hydrogens is 220 g/mol. The third-order valence-electron chi connectivity index (χ3n) is 2.80. The number of H-pyrrole nitrogens is 1. The van der Waals surface area contributed by atoms with E-state index in [2.05, 4.69) is 15.3 Å². The van der Waals surface area contributed by atoms with Gasteiger partial charge in [-0.2, -0.15) is 0 Å². The number of carbonyl (C=O) groups is 1. The Kier molecular flexibility index (Phi) is 3.74. The van der Waals surface area contributed by atoms with Gasteiger partial charge < -0.3 is 15.2 Å². The van der Waals surface area contributed by atoms with E-state index in [-0.39, 0.29) is 17.3 Å². The zero-order valence-electron chi connectivity index (χ0n) is 9.61. The van der Waals surface area contributed by atoms with Crippen LogP contribution in [0.15, 0.2) is 17.2 Å². The van der Waals surface area contributed by atoms with Crippen LogP contribution in [0.4, 0.5) is 5.82 Å². The molecule has 0 bridgehead atoms. The summed E-state index contributed by atoms with van der Waals surface area (Å²) in [4.78, 5) is 31.3. The maximum absolute atomic E-state index is 11.7. The van der Waals surface area contributed by atoms with E-state index in [0.717, 1.165) is 25.9 Å². The van der Waals surface area contributed by atoms with Gasteiger partial charge in [-0.3, -0.25) is 9.59 Å². The minimum atomic E-state index is -0.263. The van der Waals surface area contributed by atoms with E-state index >= 15 is 0 Å². The van der Waals surface area contributed by atoms with Crippen LogP contribution in [0.25, 0.3) is 0 Å². The standard InChI is InChI=1S/C11H16N4O2/c16-9(15-7-1-2-8-15)3-4-12-10-11(17)14-6-5-13-10/h5-6H,1-4,7-8H2,(H,12,13)(H,14,17). The van der Waals surface area contributed by atoms with Crippen LogP contribution in [0.1, 0.15) is 19.3 Å². The Bertz CT molecular complexity index is 437. The third kappa shape index (κ3) is 3.05. The number of aromatic amines is 1. The highest BCUT2D eigenvalue weighted by Crippen LogP contribution is 2.08. The van der Waals surface area contributed by atoms with E-state index in [1.54, 1.807) is 0 Å². The minimum absolute atomic E-state index is 0.141. The Labute approximate surface area is 99.1 Å². The Morgan fingerprint density at radius 3 is 2.94 bits per heavy atom. The van der Waals surface area contributed by atoms with Crippen molar-refractivity contribution in [3.8, 4) is 0 Å². The number of nitrogens with one attached hydrogen (secondary N) is 2. The van der Waals surface area contributed by atoms with Crippen LogP contribution in [0.5, 0.6) is 0 Å². The molecule has 0 atom stereocenters. The number of amides is 1. The first kappa shape index (κ1) is 11.6. The first-order valence-electron chi connectivity index (χ1n) is 5.83. The summed E-state index contributed by atoms with van der Waals surface area (Å²) in [6.07, 6.45) is 5.57. The van der Waals surface area contributed by atoms with E-state index < -0.39 is 0 Å². The second kappa shape index (κ2) is 5.47. The van der Waals surface area contributed by atoms with Gasteiger partial charge in [-0.15, -0.1) is 0 Å². The second-order valence-electron chi connectivity index (χ2n) is 4.03. The predicted octanol–water partition coefficient (Wildman–Crippen LogP) is 0.194. The lowest BCUT2D eigenvalue weighted by Gasteiger charge is -2.15. The van der Waals surface area contributed by atoms with Crippen molar-refractivity contribution < 1.29 is 4.79 Å². The highest BCUT2D eigenvalue weighted by Gasteiger charge is 2.17. The zero-order chi connectivity index (χ0) is 12.1. The van der Waals surface area contributed by atoms with E-state index in [0.29, 0.717) is 13.0 Å². The van der Waals surface area contributed by atoms with Gasteiger partial charge in [-0.05, 0) is 12.8 Å². The summed E-state index contributed by atoms with van der Waals surface area (Å²) in [6.45, 7) is 2.17. The monoisotopic (exact) mass is 236 g/mol. The van der Waals surface area contributed by atoms with Gasteiger partial charge in [0.1, 0.15) is 0 Å². The summed E-state index contributed by atoms with van der Waals surface area (Å²) in [5.74, 6) is 0.407. The third-order valence-corrected chi connectivity index (χ3v) is 2.80. The largest absolute Gasteiger partial charge is 0.365 e. The Morgan fingerprint density at radius 1 is 1.47 bits per heavy atom. The molecular formula is C11H16N4O2. The minimum Gasteiger partial charge on any atom is -0.365 e. The van der Waals surface area contributed by atoms with Gasteiger partial charge in [0.15, 0.2) is 5.82 Å². The summed E-state index contributed by atoms with van der Waals surface area (Å²) < 4.78 is 0. The molecule has 0 saturated carbocycles. The molecule has 6 nitrogen and oxygen atoms in total. The molecule has 2 heterocycles. The van der Waals surface area contributed by atoms with Crippen molar-refractivity contribution in [2.45, 2.75) is 19.3 Å². The Hall–Kier alpha value is -1.85. The van der Waals surface area contributed by atoms with Crippen molar-refractivity contribution in [3.05, 3.63) is 22.7 Å². The van der Waals surface area contributed by atoms with Crippen LogP contribution in [0, 0.1) is 0 Å². The van der Waals surface area contributed by atoms with E-state index in [1.807, 2.05) is 4.90 Å². The van der Waals surface area contributed by atoms with Crippen molar-refractivity contribution in [2.75, 3.05) is 25.0 Å². The molecule has 2 rings (SSSR count). The number of aromatic nitrogens is 2. The summed E-state index contributed by atoms with van der Waals surface area (Å²) in [5, 5.41) is 2.86. The Morgan fingerprint density at radius 2 is 2.24 bits per heavy atom. The van der Waals surface area contributed by atoms with Gasteiger partial charge >= 0.3 is 0 Å². The van der Waals surface area contributed by atoms with Gasteiger partial charge in [-0.1, -0.05) is 0 Å². The van der Waals surface area contributed by atoms with Crippen molar-refractivity contribution >= 4 is 11.7 Å². The molecule has 0 aromatic carbocycles. The molecule has 17 heavy (non-hydrogen) atoms. The van der Waals surface area contributed by atoms with Crippen molar-refractivity contribution in [3.63, 3.8) is 0 Å². The molecule has 0 spiro atoms. The number of anilines is 1. The average Bonchev–Trinajstić information content (AvgIpc) is 2.85. The fourth-order valence-electron chi connectivity index (χ4n) is 1.89. The number of hydrogen-bond donors (Lipinski definition) is 2. The molecule has 0 unspecified atom stereocenters. The van der Waals surface area contributed by atoms with Gasteiger partial charge in [0.25, 0.3) is 5.56 Å². The summed E-state index contributed by atoms with van der Waals surface area (Å²) in [5.41, 5.74) is -0.263. The number of rotatable bonds is 4. The average molecular weight is 236 g/mol. The molecule has 1 aromatic rings. The fraction of sp³-hybridized carbons (Fsp3) is 0.545. The smallest absolute Gasteiger partial charge is 0.290 e. The number of likely N-dealkylation sites (tertiary alicyclic amines) is 1. The van der Waals surface area contributed by atoms with Gasteiger partial charge in [0.05, 0.1) is 0 Å². The van der Waals surface area contributed by atoms with Gasteiger partial charge in [0.2, 0.25) is 5.91 Å². The molecule has 2 N–H and O–H groups in total. The molecule has 6 heteroatoms. The normalized spacial score (nSPS) is 14.9. The molecule has 0 aliphatic carbocycles. The lowest BCUT2D eigenvalue weighted by molar-refractivity contribution is -0.129. The molecule has 0 radical (unpaired) electrons. The summed E-state index contributed by atoms with van der Waals surface area (Å²) >= 11 is 0. The lowest BCUT2D eigenvalue weighted by atomic mass is 10.3. The van der Waals surface area contributed by atoms with E-state index in [9.17, 15) is 9.59 Å². The van der Waals surface area contributed by atoms with Crippen LogP contribution in [0.2, 0.25) is 0 Å². The number of nitrogens with zero attached hydrogens (tertiary/aromatic N) is 2. The number of hydrogen-bond acceptors (Lipinski definition) is 4. The van der Waals surface area contributed by atoms with Crippen molar-refractivity contribution in [1.82, 2.24) is 14.9 Å². The van der Waals surface area contributed by atoms with Gasteiger partial charge in [0, 0.05) is 38.4 Å². The van der Waals surface area contributed by atoms with Crippen LogP contribution in [0.3, 0.4) is 0 Å². The first-order valence-corrected chi connectivity index (χ1v) is 5.83. The second-order valence-corrected chi connectivity index (χ2v) is 4.03. The first-order chi connectivity index (χ1) is 8.27. The van der Waals surface area contributed by atoms with Crippen LogP contribution in [-0.4, -0.2) is 40.4 Å². The molecule has 92 valence electrons. The zero-order valence-corrected chi connectivity index (χ0v) is 9.61. The van der Waals surface area contributed by atoms with Crippen LogP contribution in [-0.2, 0) is 4.79 Å². The lowest BCUT2D eigenvalue weighted by Crippen LogP contribution is -2.29. The topological polar surface area (TPSA) is 78.1 Å². The molecule has 1 aromatic heterocycles. The van der Waals surface area contributed by atoms with Crippen molar-refractivity contribution in [2.24, 2.45) is 0 Å². The molecule has 1 amide bonds. The maximum Gasteiger partial charge on any atom is 0.290 e. The highest BCUT2D eigenvalue weighted by molar-refractivity contribution is 5.76. The Balaban J connectivity index is 1.78. The van der Waals surface area contributed by atoms with Crippen molar-refractivity contribution in [1.29, 1.82) is 0 Å². The summed E-state index contributed by atoms with van der Waals surface area (Å²) in [7, 11) is 0. The number of carbonyl (C=O) groups excluding carboxylic acids is 1. The maximum atomic E-state index is 11.7. The highest BCUT2D eigenvalue weighted by atomic mass is 16.2. The van der Waals surface area contributed by atoms with Crippen LogP contribution < -0.4 is 10.9 Å². The molecule has 1 saturated heterocycles. The van der Waals surface area contributed by atoms with E-state index in [1.165, 1.54) is 12.4 Å². The quantitative estimate of drug-likeness (QED) is 0.782. The van der Waals surface area contributed by atoms with E-state index in [4.69, 9.17) is 0 Å². The van der Waals surface area contributed by atoms with Crippen LogP contribution >= 0.6 is 0 Å². The molecule has 1 aliphatic heterocycles. The fourth-order valence-corrected chi connectivity index (χ4v) is 1.89.